The summed E-state index contributed by atoms with van der Waals surface area (Å²) in [5.74, 6) is 5.11. The van der Waals surface area contributed by atoms with Crippen molar-refractivity contribution in [2.75, 3.05) is 17.8 Å². The predicted octanol–water partition coefficient (Wildman–Crippen LogP) is 6.31. The molecule has 4 N–H and O–H groups in total. The normalized spacial score (nSPS) is 19.6. The van der Waals surface area contributed by atoms with Crippen molar-refractivity contribution in [2.45, 2.75) is 77.5 Å². The molecule has 1 aromatic heterocycles. The molecule has 1 saturated carbocycles. The number of ether oxygens (including phenoxy) is 1. The lowest BCUT2D eigenvalue weighted by Crippen LogP contribution is -2.45. The lowest BCUT2D eigenvalue weighted by molar-refractivity contribution is -0.182. The van der Waals surface area contributed by atoms with Crippen LogP contribution in [0.1, 0.15) is 76.0 Å². The minimum Gasteiger partial charge on any atom is -0.497 e. The number of thioether (sulfide) groups is 1. The van der Waals surface area contributed by atoms with Crippen LogP contribution in [0.25, 0.3) is 11.4 Å². The maximum Gasteiger partial charge on any atom is 0.391 e. The van der Waals surface area contributed by atoms with Crippen LogP contribution >= 0.6 is 11.8 Å². The summed E-state index contributed by atoms with van der Waals surface area (Å²) in [5, 5.41) is 6.87. The third kappa shape index (κ3) is 9.02. The van der Waals surface area contributed by atoms with E-state index in [1.165, 1.54) is 29.6 Å². The molecule has 47 heavy (non-hydrogen) atoms. The van der Waals surface area contributed by atoms with Gasteiger partial charge in [0.25, 0.3) is 5.91 Å². The van der Waals surface area contributed by atoms with Crippen LogP contribution in [0.3, 0.4) is 0 Å². The summed E-state index contributed by atoms with van der Waals surface area (Å²) in [6, 6.07) is 10.0. The highest BCUT2D eigenvalue weighted by molar-refractivity contribution is 8.01. The van der Waals surface area contributed by atoms with Gasteiger partial charge in [0, 0.05) is 26.1 Å². The Kier molecular flexibility index (Phi) is 12.8. The van der Waals surface area contributed by atoms with E-state index in [1.54, 1.807) is 31.1 Å². The molecular weight excluding hydrogens is 638 g/mol. The summed E-state index contributed by atoms with van der Waals surface area (Å²) in [7, 11) is 3.16. The minimum atomic E-state index is -4.18. The van der Waals surface area contributed by atoms with Crippen molar-refractivity contribution >= 4 is 29.3 Å². The molecule has 3 aromatic rings. The van der Waals surface area contributed by atoms with Gasteiger partial charge in [0.15, 0.2) is 5.82 Å². The predicted molar refractivity (Wildman–Crippen MR) is 177 cm³/mol. The SMILES string of the molecule is C.COc1ccc(C(C)C)c(N2C(=O)CSC2NN)c1.Cc1ccc(-c2nc(C(=O)NC3CCC(C(F)(F)F)CC3)n(C)n2)cc1F.[HH]. The highest BCUT2D eigenvalue weighted by atomic mass is 32.2. The van der Waals surface area contributed by atoms with Gasteiger partial charge >= 0.3 is 6.18 Å². The van der Waals surface area contributed by atoms with Crippen molar-refractivity contribution in [2.24, 2.45) is 18.8 Å². The zero-order valence-electron chi connectivity index (χ0n) is 26.3. The first-order chi connectivity index (χ1) is 21.7. The summed E-state index contributed by atoms with van der Waals surface area (Å²) >= 11 is 1.49. The molecule has 10 nitrogen and oxygen atoms in total. The van der Waals surface area contributed by atoms with Gasteiger partial charge in [0.2, 0.25) is 11.7 Å². The smallest absolute Gasteiger partial charge is 0.391 e. The number of carbonyl (C=O) groups excluding carboxylic acids is 2. The number of anilines is 1. The molecule has 1 atom stereocenters. The molecule has 1 unspecified atom stereocenters. The fraction of sp³-hybridized carbons (Fsp3) is 0.500. The number of carbonyl (C=O) groups is 2. The van der Waals surface area contributed by atoms with Crippen LogP contribution in [-0.4, -0.2) is 57.2 Å². The van der Waals surface area contributed by atoms with Crippen LogP contribution in [0.5, 0.6) is 5.75 Å². The topological polar surface area (TPSA) is 127 Å². The quantitative estimate of drug-likeness (QED) is 0.150. The summed E-state index contributed by atoms with van der Waals surface area (Å²) in [4.78, 5) is 30.4. The Morgan fingerprint density at radius 2 is 1.83 bits per heavy atom. The number of nitrogens with zero attached hydrogens (tertiary/aromatic N) is 4. The Labute approximate surface area is 278 Å². The van der Waals surface area contributed by atoms with Crippen molar-refractivity contribution in [3.8, 4) is 17.1 Å². The van der Waals surface area contributed by atoms with Gasteiger partial charge in [0.05, 0.1) is 24.5 Å². The zero-order valence-corrected chi connectivity index (χ0v) is 27.1. The van der Waals surface area contributed by atoms with Gasteiger partial charge in [-0.2, -0.15) is 18.3 Å². The molecule has 1 aliphatic carbocycles. The van der Waals surface area contributed by atoms with Crippen LogP contribution < -0.4 is 26.2 Å². The second kappa shape index (κ2) is 15.9. The lowest BCUT2D eigenvalue weighted by atomic mass is 9.85. The van der Waals surface area contributed by atoms with Gasteiger partial charge < -0.3 is 10.1 Å². The summed E-state index contributed by atoms with van der Waals surface area (Å²) in [6.45, 7) is 5.84. The fourth-order valence-corrected chi connectivity index (χ4v) is 6.32. The van der Waals surface area contributed by atoms with E-state index in [1.807, 2.05) is 18.2 Å². The van der Waals surface area contributed by atoms with Gasteiger partial charge in [-0.3, -0.25) is 20.3 Å². The van der Waals surface area contributed by atoms with Crippen LogP contribution in [0, 0.1) is 18.7 Å². The number of aromatic nitrogens is 3. The molecule has 0 spiro atoms. The molecule has 2 amide bonds. The molecule has 1 saturated heterocycles. The van der Waals surface area contributed by atoms with Crippen molar-refractivity contribution < 1.29 is 33.3 Å². The maximum absolute atomic E-state index is 13.7. The maximum atomic E-state index is 13.7. The second-order valence-electron chi connectivity index (χ2n) is 11.6. The molecule has 0 bridgehead atoms. The number of benzene rings is 2. The van der Waals surface area contributed by atoms with E-state index in [-0.39, 0.29) is 63.6 Å². The first-order valence-electron chi connectivity index (χ1n) is 14.9. The van der Waals surface area contributed by atoms with E-state index >= 15 is 0 Å². The molecule has 2 heterocycles. The minimum absolute atomic E-state index is 0. The Hall–Kier alpha value is -3.69. The van der Waals surface area contributed by atoms with Crippen molar-refractivity contribution in [1.29, 1.82) is 0 Å². The third-order valence-electron chi connectivity index (χ3n) is 8.05. The van der Waals surface area contributed by atoms with E-state index in [2.05, 4.69) is 34.7 Å². The van der Waals surface area contributed by atoms with Gasteiger partial charge in [-0.15, -0.1) is 11.8 Å². The van der Waals surface area contributed by atoms with Crippen molar-refractivity contribution in [1.82, 2.24) is 25.5 Å². The Morgan fingerprint density at radius 1 is 1.15 bits per heavy atom. The van der Waals surface area contributed by atoms with Crippen molar-refractivity contribution in [3.05, 3.63) is 59.2 Å². The summed E-state index contributed by atoms with van der Waals surface area (Å²) in [5.41, 5.74) is 5.36. The Balaban J connectivity index is 0.000000338. The molecule has 1 aliphatic heterocycles. The monoisotopic (exact) mass is 683 g/mol. The van der Waals surface area contributed by atoms with Gasteiger partial charge in [-0.05, 0) is 61.8 Å². The molecule has 2 aliphatic rings. The van der Waals surface area contributed by atoms with E-state index in [0.717, 1.165) is 17.0 Å². The number of nitrogens with one attached hydrogen (secondary N) is 2. The van der Waals surface area contributed by atoms with E-state index < -0.39 is 23.8 Å². The van der Waals surface area contributed by atoms with Crippen LogP contribution in [-0.2, 0) is 11.8 Å². The largest absolute Gasteiger partial charge is 0.497 e. The van der Waals surface area contributed by atoms with Crippen LogP contribution in [0.2, 0.25) is 0 Å². The fourth-order valence-electron chi connectivity index (χ4n) is 5.41. The second-order valence-corrected chi connectivity index (χ2v) is 12.7. The zero-order chi connectivity index (χ0) is 33.8. The van der Waals surface area contributed by atoms with Crippen LogP contribution in [0.4, 0.5) is 23.2 Å². The number of aryl methyl sites for hydroxylation is 2. The molecule has 2 fully saturated rings. The lowest BCUT2D eigenvalue weighted by Gasteiger charge is -2.30. The number of rotatable bonds is 7. The number of hydrogen-bond acceptors (Lipinski definition) is 8. The van der Waals surface area contributed by atoms with Gasteiger partial charge in [0.1, 0.15) is 17.1 Å². The van der Waals surface area contributed by atoms with Crippen LogP contribution in [0.15, 0.2) is 36.4 Å². The van der Waals surface area contributed by atoms with Crippen molar-refractivity contribution in [3.63, 3.8) is 0 Å². The average Bonchev–Trinajstić information content (AvgIpc) is 3.60. The average molecular weight is 684 g/mol. The summed E-state index contributed by atoms with van der Waals surface area (Å²) < 4.78 is 58.5. The van der Waals surface area contributed by atoms with E-state index in [0.29, 0.717) is 22.8 Å². The Bertz CT molecular complexity index is 1550. The number of alkyl halides is 3. The van der Waals surface area contributed by atoms with E-state index in [9.17, 15) is 27.2 Å². The number of amides is 2. The highest BCUT2D eigenvalue weighted by Gasteiger charge is 2.41. The van der Waals surface area contributed by atoms with E-state index in [4.69, 9.17) is 10.6 Å². The standard InChI is InChI=1S/C18H20F4N4O.C13H19N3O2S.CH4.H2/c1-10-3-4-11(9-14(10)19)15-24-16(26(2)25-15)17(27)23-13-7-5-12(6-8-13)18(20,21)22;1-8(2)10-5-4-9(18-3)6-11(10)16-12(17)7-19-13(16)15-14;;/h3-4,9,12-13H,5-8H2,1-2H3,(H,23,27);4-6,8,13,15H,7,14H2,1-3H3;1H4;1H. The first-order valence-corrected chi connectivity index (χ1v) is 15.9. The van der Waals surface area contributed by atoms with Gasteiger partial charge in [-0.1, -0.05) is 39.5 Å². The highest BCUT2D eigenvalue weighted by Crippen LogP contribution is 2.38. The molecule has 5 rings (SSSR count). The summed E-state index contributed by atoms with van der Waals surface area (Å²) in [6.07, 6.45) is -3.65. The third-order valence-corrected chi connectivity index (χ3v) is 9.13. The Morgan fingerprint density at radius 3 is 2.40 bits per heavy atom. The van der Waals surface area contributed by atoms with Gasteiger partial charge in [-0.25, -0.2) is 19.5 Å². The number of nitrogens with two attached hydrogens (primary N) is 1. The number of halogens is 4. The molecule has 15 heteroatoms. The molecule has 2 aromatic carbocycles. The number of hydrogen-bond donors (Lipinski definition) is 3. The number of hydrazine groups is 1. The first kappa shape index (κ1) is 37.8. The molecule has 0 radical (unpaired) electrons. The molecule has 260 valence electrons. The molecular formula is C32H45F4N7O3S. The number of methoxy groups -OCH3 is 1.